The van der Waals surface area contributed by atoms with Gasteiger partial charge in [0.2, 0.25) is 0 Å². The molecule has 1 N–H and O–H groups in total. The first-order valence-electron chi connectivity index (χ1n) is 6.72. The third-order valence-corrected chi connectivity index (χ3v) is 4.51. The topological polar surface area (TPSA) is 47.0 Å². The van der Waals surface area contributed by atoms with Gasteiger partial charge in [0.1, 0.15) is 16.8 Å². The highest BCUT2D eigenvalue weighted by atomic mass is 35.5. The van der Waals surface area contributed by atoms with E-state index in [2.05, 4.69) is 20.1 Å². The number of ether oxygens (including phenoxy) is 1. The molecule has 1 aliphatic heterocycles. The van der Waals surface area contributed by atoms with Crippen LogP contribution in [0.4, 0.5) is 5.69 Å². The van der Waals surface area contributed by atoms with Crippen LogP contribution in [0.1, 0.15) is 18.0 Å². The second-order valence-electron chi connectivity index (χ2n) is 4.93. The molecule has 0 spiro atoms. The van der Waals surface area contributed by atoms with Gasteiger partial charge in [0.05, 0.1) is 35.1 Å². The number of rotatable bonds is 2. The van der Waals surface area contributed by atoms with Crippen LogP contribution in [0.25, 0.3) is 11.0 Å². The Morgan fingerprint density at radius 3 is 3.05 bits per heavy atom. The molecule has 6 heteroatoms. The Morgan fingerprint density at radius 2 is 2.10 bits per heavy atom. The summed E-state index contributed by atoms with van der Waals surface area (Å²) in [5.74, 6) is 0.931. The molecule has 3 aromatic rings. The number of fused-ring (bicyclic) bond motifs is 2. The third kappa shape index (κ3) is 2.22. The van der Waals surface area contributed by atoms with E-state index >= 15 is 0 Å². The standard InChI is InChI=1S/C15H12ClN3OS/c16-10-5-6-12-15(19-21-18-12)14(10)17-11-7-8-20-13-4-2-1-3-9(11)13/h1-6,11,17H,7-8H2. The molecule has 2 heterocycles. The smallest absolute Gasteiger partial charge is 0.129 e. The summed E-state index contributed by atoms with van der Waals surface area (Å²) in [4.78, 5) is 0. The summed E-state index contributed by atoms with van der Waals surface area (Å²) >= 11 is 7.55. The van der Waals surface area contributed by atoms with E-state index in [0.717, 1.165) is 34.5 Å². The van der Waals surface area contributed by atoms with Crippen LogP contribution in [-0.4, -0.2) is 15.4 Å². The van der Waals surface area contributed by atoms with Gasteiger partial charge in [-0.3, -0.25) is 0 Å². The van der Waals surface area contributed by atoms with Gasteiger partial charge in [-0.25, -0.2) is 0 Å². The molecule has 0 saturated carbocycles. The lowest BCUT2D eigenvalue weighted by atomic mass is 10.00. The highest BCUT2D eigenvalue weighted by molar-refractivity contribution is 7.00. The Hall–Kier alpha value is -1.85. The lowest BCUT2D eigenvalue weighted by Gasteiger charge is -2.27. The minimum Gasteiger partial charge on any atom is -0.493 e. The number of halogens is 1. The first-order valence-corrected chi connectivity index (χ1v) is 7.83. The minimum absolute atomic E-state index is 0.166. The Labute approximate surface area is 131 Å². The SMILES string of the molecule is Clc1ccc2nsnc2c1NC1CCOc2ccccc21. The normalized spacial score (nSPS) is 17.3. The first kappa shape index (κ1) is 12.9. The molecule has 2 aromatic carbocycles. The van der Waals surface area contributed by atoms with Gasteiger partial charge < -0.3 is 10.1 Å². The highest BCUT2D eigenvalue weighted by Gasteiger charge is 2.22. The van der Waals surface area contributed by atoms with Gasteiger partial charge in [-0.05, 0) is 18.2 Å². The third-order valence-electron chi connectivity index (χ3n) is 3.65. The second-order valence-corrected chi connectivity index (χ2v) is 5.86. The van der Waals surface area contributed by atoms with E-state index in [4.69, 9.17) is 16.3 Å². The molecule has 0 fully saturated rings. The maximum absolute atomic E-state index is 6.35. The molecular weight excluding hydrogens is 306 g/mol. The molecule has 0 radical (unpaired) electrons. The van der Waals surface area contributed by atoms with E-state index in [1.54, 1.807) is 0 Å². The van der Waals surface area contributed by atoms with E-state index in [1.807, 2.05) is 30.3 Å². The van der Waals surface area contributed by atoms with Crippen molar-refractivity contribution in [2.75, 3.05) is 11.9 Å². The van der Waals surface area contributed by atoms with Crippen molar-refractivity contribution in [1.29, 1.82) is 0 Å². The number of hydrogen-bond acceptors (Lipinski definition) is 5. The molecule has 4 nitrogen and oxygen atoms in total. The molecule has 4 rings (SSSR count). The van der Waals surface area contributed by atoms with Crippen molar-refractivity contribution in [3.63, 3.8) is 0 Å². The van der Waals surface area contributed by atoms with Crippen LogP contribution in [0.15, 0.2) is 36.4 Å². The van der Waals surface area contributed by atoms with Crippen molar-refractivity contribution in [2.45, 2.75) is 12.5 Å². The van der Waals surface area contributed by atoms with Crippen LogP contribution in [0.3, 0.4) is 0 Å². The molecule has 0 aliphatic carbocycles. The monoisotopic (exact) mass is 317 g/mol. The summed E-state index contributed by atoms with van der Waals surface area (Å²) in [5.41, 5.74) is 3.70. The first-order chi connectivity index (χ1) is 10.3. The molecular formula is C15H12ClN3OS. The summed E-state index contributed by atoms with van der Waals surface area (Å²) in [6.45, 7) is 0.692. The van der Waals surface area contributed by atoms with Gasteiger partial charge in [0.25, 0.3) is 0 Å². The molecule has 1 unspecified atom stereocenters. The van der Waals surface area contributed by atoms with E-state index in [1.165, 1.54) is 11.7 Å². The molecule has 21 heavy (non-hydrogen) atoms. The van der Waals surface area contributed by atoms with Gasteiger partial charge >= 0.3 is 0 Å². The molecule has 1 aromatic heterocycles. The summed E-state index contributed by atoms with van der Waals surface area (Å²) in [5, 5.41) is 4.19. The van der Waals surface area contributed by atoms with E-state index in [0.29, 0.717) is 11.6 Å². The number of para-hydroxylation sites is 1. The average Bonchev–Trinajstić information content (AvgIpc) is 2.99. The van der Waals surface area contributed by atoms with Crippen molar-refractivity contribution in [3.05, 3.63) is 47.0 Å². The van der Waals surface area contributed by atoms with E-state index < -0.39 is 0 Å². The number of nitrogens with one attached hydrogen (secondary N) is 1. The van der Waals surface area contributed by atoms with Gasteiger partial charge in [-0.1, -0.05) is 29.8 Å². The van der Waals surface area contributed by atoms with Crippen molar-refractivity contribution >= 4 is 40.0 Å². The Balaban J connectivity index is 1.76. The van der Waals surface area contributed by atoms with Crippen LogP contribution < -0.4 is 10.1 Å². The molecule has 1 atom stereocenters. The van der Waals surface area contributed by atoms with Crippen LogP contribution in [0.5, 0.6) is 5.75 Å². The quantitative estimate of drug-likeness (QED) is 0.766. The zero-order valence-electron chi connectivity index (χ0n) is 11.0. The number of aromatic nitrogens is 2. The van der Waals surface area contributed by atoms with Gasteiger partial charge in [-0.15, -0.1) is 0 Å². The Bertz CT molecular complexity index is 804. The van der Waals surface area contributed by atoms with Crippen LogP contribution in [-0.2, 0) is 0 Å². The fraction of sp³-hybridized carbons (Fsp3) is 0.200. The number of anilines is 1. The fourth-order valence-electron chi connectivity index (χ4n) is 2.63. The van der Waals surface area contributed by atoms with E-state index in [-0.39, 0.29) is 6.04 Å². The lowest BCUT2D eigenvalue weighted by Crippen LogP contribution is -2.20. The maximum Gasteiger partial charge on any atom is 0.129 e. The van der Waals surface area contributed by atoms with Gasteiger partial charge in [-0.2, -0.15) is 8.75 Å². The van der Waals surface area contributed by atoms with Gasteiger partial charge in [0, 0.05) is 12.0 Å². The second kappa shape index (κ2) is 5.16. The number of hydrogen-bond donors (Lipinski definition) is 1. The van der Waals surface area contributed by atoms with Crippen molar-refractivity contribution in [1.82, 2.24) is 8.75 Å². The van der Waals surface area contributed by atoms with Crippen molar-refractivity contribution < 1.29 is 4.74 Å². The summed E-state index contributed by atoms with van der Waals surface area (Å²) in [7, 11) is 0. The van der Waals surface area contributed by atoms with Crippen molar-refractivity contribution in [2.24, 2.45) is 0 Å². The van der Waals surface area contributed by atoms with Crippen LogP contribution >= 0.6 is 23.3 Å². The zero-order valence-corrected chi connectivity index (χ0v) is 12.6. The van der Waals surface area contributed by atoms with E-state index in [9.17, 15) is 0 Å². The highest BCUT2D eigenvalue weighted by Crippen LogP contribution is 2.38. The predicted octanol–water partition coefficient (Wildman–Crippen LogP) is 4.28. The largest absolute Gasteiger partial charge is 0.493 e. The molecule has 1 aliphatic rings. The van der Waals surface area contributed by atoms with Crippen LogP contribution in [0.2, 0.25) is 5.02 Å². The molecule has 0 amide bonds. The molecule has 0 saturated heterocycles. The van der Waals surface area contributed by atoms with Gasteiger partial charge in [0.15, 0.2) is 0 Å². The lowest BCUT2D eigenvalue weighted by molar-refractivity contribution is 0.274. The summed E-state index contributed by atoms with van der Waals surface area (Å²) in [6, 6.07) is 12.0. The minimum atomic E-state index is 0.166. The molecule has 106 valence electrons. The fourth-order valence-corrected chi connectivity index (χ4v) is 3.38. The molecule has 0 bridgehead atoms. The number of benzene rings is 2. The average molecular weight is 318 g/mol. The number of nitrogens with zero attached hydrogens (tertiary/aromatic N) is 2. The Kier molecular flexibility index (Phi) is 3.16. The summed E-state index contributed by atoms with van der Waals surface area (Å²) in [6.07, 6.45) is 0.890. The van der Waals surface area contributed by atoms with Crippen molar-refractivity contribution in [3.8, 4) is 5.75 Å². The zero-order chi connectivity index (χ0) is 14.2. The maximum atomic E-state index is 6.35. The summed E-state index contributed by atoms with van der Waals surface area (Å²) < 4.78 is 14.3. The predicted molar refractivity (Wildman–Crippen MR) is 85.3 cm³/mol. The Morgan fingerprint density at radius 1 is 1.19 bits per heavy atom. The van der Waals surface area contributed by atoms with Crippen LogP contribution in [0, 0.1) is 0 Å².